The highest BCUT2D eigenvalue weighted by Crippen LogP contribution is 2.30. The second-order valence-corrected chi connectivity index (χ2v) is 5.46. The number of benzene rings is 1. The van der Waals surface area contributed by atoms with Crippen molar-refractivity contribution < 1.29 is 4.79 Å². The van der Waals surface area contributed by atoms with Gasteiger partial charge in [-0.2, -0.15) is 0 Å². The van der Waals surface area contributed by atoms with Gasteiger partial charge in [0.05, 0.1) is 0 Å². The summed E-state index contributed by atoms with van der Waals surface area (Å²) in [6, 6.07) is 6.17. The van der Waals surface area contributed by atoms with Crippen LogP contribution in [-0.4, -0.2) is 10.8 Å². The molecule has 2 aromatic rings. The summed E-state index contributed by atoms with van der Waals surface area (Å²) >= 11 is 0. The highest BCUT2D eigenvalue weighted by atomic mass is 16.1. The number of hydrogen-bond acceptors (Lipinski definition) is 1. The number of hydrogen-bond donors (Lipinski definition) is 1. The van der Waals surface area contributed by atoms with E-state index in [2.05, 4.69) is 24.9 Å². The molecule has 0 spiro atoms. The Bertz CT molecular complexity index is 578. The average molecular weight is 243 g/mol. The first kappa shape index (κ1) is 12.9. The van der Waals surface area contributed by atoms with Crippen LogP contribution >= 0.6 is 0 Å². The highest BCUT2D eigenvalue weighted by molar-refractivity contribution is 6.10. The lowest BCUT2D eigenvalue weighted by atomic mass is 9.82. The Hall–Kier alpha value is -1.57. The van der Waals surface area contributed by atoms with Gasteiger partial charge in [-0.15, -0.1) is 0 Å². The molecule has 0 amide bonds. The minimum Gasteiger partial charge on any atom is -0.360 e. The van der Waals surface area contributed by atoms with Gasteiger partial charge in [0.1, 0.15) is 0 Å². The van der Waals surface area contributed by atoms with Gasteiger partial charge in [0, 0.05) is 28.1 Å². The number of para-hydroxylation sites is 1. The fourth-order valence-corrected chi connectivity index (χ4v) is 2.22. The Morgan fingerprint density at radius 3 is 2.61 bits per heavy atom. The van der Waals surface area contributed by atoms with Crippen LogP contribution in [0.1, 0.15) is 50.0 Å². The van der Waals surface area contributed by atoms with Gasteiger partial charge in [-0.05, 0) is 18.4 Å². The number of carbonyl (C=O) groups is 1. The van der Waals surface area contributed by atoms with Crippen molar-refractivity contribution in [3.05, 3.63) is 35.5 Å². The van der Waals surface area contributed by atoms with E-state index < -0.39 is 0 Å². The van der Waals surface area contributed by atoms with E-state index in [-0.39, 0.29) is 11.2 Å². The van der Waals surface area contributed by atoms with Crippen LogP contribution in [0.2, 0.25) is 0 Å². The molecule has 0 unspecified atom stereocenters. The standard InChI is InChI=1S/C16H21NO/c1-5-11-8-7-9-12-13(10-17-14(11)12)15(18)16(3,4)6-2/h7-10,17H,5-6H2,1-4H3. The maximum Gasteiger partial charge on any atom is 0.170 e. The molecule has 0 saturated heterocycles. The van der Waals surface area contributed by atoms with E-state index in [0.29, 0.717) is 0 Å². The molecular formula is C16H21NO. The van der Waals surface area contributed by atoms with Crippen LogP contribution < -0.4 is 0 Å². The molecule has 18 heavy (non-hydrogen) atoms. The monoisotopic (exact) mass is 243 g/mol. The smallest absolute Gasteiger partial charge is 0.170 e. The van der Waals surface area contributed by atoms with Gasteiger partial charge < -0.3 is 4.98 Å². The van der Waals surface area contributed by atoms with Gasteiger partial charge in [-0.1, -0.05) is 45.9 Å². The zero-order valence-electron chi connectivity index (χ0n) is 11.6. The molecule has 0 fully saturated rings. The number of aromatic nitrogens is 1. The Morgan fingerprint density at radius 2 is 2.00 bits per heavy atom. The molecule has 2 heteroatoms. The van der Waals surface area contributed by atoms with E-state index in [9.17, 15) is 4.79 Å². The minimum atomic E-state index is -0.294. The summed E-state index contributed by atoms with van der Waals surface area (Å²) < 4.78 is 0. The summed E-state index contributed by atoms with van der Waals surface area (Å²) in [6.07, 6.45) is 3.69. The minimum absolute atomic E-state index is 0.226. The third kappa shape index (κ3) is 1.96. The van der Waals surface area contributed by atoms with Gasteiger partial charge in [0.25, 0.3) is 0 Å². The average Bonchev–Trinajstić information content (AvgIpc) is 2.81. The molecule has 1 heterocycles. The van der Waals surface area contributed by atoms with E-state index in [1.54, 1.807) is 0 Å². The van der Waals surface area contributed by atoms with Crippen LogP contribution in [0, 0.1) is 5.41 Å². The lowest BCUT2D eigenvalue weighted by Crippen LogP contribution is -2.23. The molecule has 1 N–H and O–H groups in total. The lowest BCUT2D eigenvalue weighted by Gasteiger charge is -2.20. The van der Waals surface area contributed by atoms with Gasteiger partial charge in [-0.3, -0.25) is 4.79 Å². The Morgan fingerprint density at radius 1 is 1.28 bits per heavy atom. The number of nitrogens with one attached hydrogen (secondary N) is 1. The normalized spacial score (nSPS) is 12.0. The molecule has 0 aliphatic heterocycles. The second-order valence-electron chi connectivity index (χ2n) is 5.46. The molecule has 96 valence electrons. The molecule has 0 aliphatic carbocycles. The van der Waals surface area contributed by atoms with Crippen molar-refractivity contribution in [1.29, 1.82) is 0 Å². The molecule has 1 aromatic carbocycles. The molecule has 0 bridgehead atoms. The summed E-state index contributed by atoms with van der Waals surface area (Å²) in [5, 5.41) is 1.06. The van der Waals surface area contributed by atoms with Crippen molar-refractivity contribution in [3.63, 3.8) is 0 Å². The zero-order chi connectivity index (χ0) is 13.3. The predicted octanol–water partition coefficient (Wildman–Crippen LogP) is 4.35. The van der Waals surface area contributed by atoms with Crippen LogP contribution in [0.25, 0.3) is 10.9 Å². The van der Waals surface area contributed by atoms with Crippen molar-refractivity contribution in [2.24, 2.45) is 5.41 Å². The maximum atomic E-state index is 12.6. The van der Waals surface area contributed by atoms with Crippen LogP contribution in [0.4, 0.5) is 0 Å². The number of H-pyrrole nitrogens is 1. The van der Waals surface area contributed by atoms with E-state index in [1.807, 2.05) is 32.2 Å². The molecule has 0 aliphatic rings. The molecule has 2 rings (SSSR count). The summed E-state index contributed by atoms with van der Waals surface area (Å²) in [5.74, 6) is 0.226. The first-order chi connectivity index (χ1) is 8.51. The maximum absolute atomic E-state index is 12.6. The van der Waals surface area contributed by atoms with Gasteiger partial charge in [0.15, 0.2) is 5.78 Å². The summed E-state index contributed by atoms with van der Waals surface area (Å²) in [4.78, 5) is 15.8. The fraction of sp³-hybridized carbons (Fsp3) is 0.438. The number of ketones is 1. The summed E-state index contributed by atoms with van der Waals surface area (Å²) in [5.41, 5.74) is 2.90. The van der Waals surface area contributed by atoms with E-state index >= 15 is 0 Å². The third-order valence-electron chi connectivity index (χ3n) is 3.93. The second kappa shape index (κ2) is 4.60. The number of carbonyl (C=O) groups excluding carboxylic acids is 1. The molecular weight excluding hydrogens is 222 g/mol. The van der Waals surface area contributed by atoms with Crippen LogP contribution in [0.3, 0.4) is 0 Å². The van der Waals surface area contributed by atoms with Crippen LogP contribution in [0.15, 0.2) is 24.4 Å². The number of aromatic amines is 1. The molecule has 0 atom stereocenters. The van der Waals surface area contributed by atoms with Gasteiger partial charge >= 0.3 is 0 Å². The quantitative estimate of drug-likeness (QED) is 0.796. The van der Waals surface area contributed by atoms with Crippen molar-refractivity contribution in [1.82, 2.24) is 4.98 Å². The van der Waals surface area contributed by atoms with Crippen LogP contribution in [0.5, 0.6) is 0 Å². The summed E-state index contributed by atoms with van der Waals surface area (Å²) in [7, 11) is 0. The highest BCUT2D eigenvalue weighted by Gasteiger charge is 2.28. The first-order valence-corrected chi connectivity index (χ1v) is 6.65. The Labute approximate surface area is 108 Å². The zero-order valence-corrected chi connectivity index (χ0v) is 11.6. The third-order valence-corrected chi connectivity index (χ3v) is 3.93. The van der Waals surface area contributed by atoms with Gasteiger partial charge in [-0.25, -0.2) is 0 Å². The molecule has 2 nitrogen and oxygen atoms in total. The number of Topliss-reactive ketones (excluding diaryl/α,β-unsaturated/α-hetero) is 1. The van der Waals surface area contributed by atoms with Crippen molar-refractivity contribution in [2.45, 2.75) is 40.5 Å². The number of fused-ring (bicyclic) bond motifs is 1. The van der Waals surface area contributed by atoms with Crippen molar-refractivity contribution in [3.8, 4) is 0 Å². The van der Waals surface area contributed by atoms with Gasteiger partial charge in [0.2, 0.25) is 0 Å². The topological polar surface area (TPSA) is 32.9 Å². The Kier molecular flexibility index (Phi) is 3.29. The van der Waals surface area contributed by atoms with Crippen LogP contribution in [-0.2, 0) is 6.42 Å². The molecule has 0 saturated carbocycles. The predicted molar refractivity (Wildman–Crippen MR) is 76.1 cm³/mol. The largest absolute Gasteiger partial charge is 0.360 e. The number of aryl methyl sites for hydroxylation is 1. The van der Waals surface area contributed by atoms with E-state index in [1.165, 1.54) is 5.56 Å². The SMILES string of the molecule is CCc1cccc2c(C(=O)C(C)(C)CC)c[nH]c12. The van der Waals surface area contributed by atoms with E-state index in [0.717, 1.165) is 29.3 Å². The lowest BCUT2D eigenvalue weighted by molar-refractivity contribution is 0.0835. The van der Waals surface area contributed by atoms with Crippen molar-refractivity contribution >= 4 is 16.7 Å². The van der Waals surface area contributed by atoms with Crippen molar-refractivity contribution in [2.75, 3.05) is 0 Å². The first-order valence-electron chi connectivity index (χ1n) is 6.65. The molecule has 0 radical (unpaired) electrons. The fourth-order valence-electron chi connectivity index (χ4n) is 2.22. The molecule has 1 aromatic heterocycles. The number of rotatable bonds is 4. The Balaban J connectivity index is 2.57. The van der Waals surface area contributed by atoms with E-state index in [4.69, 9.17) is 0 Å². The summed E-state index contributed by atoms with van der Waals surface area (Å²) in [6.45, 7) is 8.22.